The predicted octanol–water partition coefficient (Wildman–Crippen LogP) is 1.19. The second kappa shape index (κ2) is 9.09. The molecule has 0 spiro atoms. The van der Waals surface area contributed by atoms with E-state index in [1.165, 1.54) is 6.92 Å². The molecule has 9 nitrogen and oxygen atoms in total. The molecule has 140 valence electrons. The average Bonchev–Trinajstić information content (AvgIpc) is 2.62. The van der Waals surface area contributed by atoms with Gasteiger partial charge < -0.3 is 20.6 Å². The van der Waals surface area contributed by atoms with E-state index in [1.54, 1.807) is 18.2 Å². The first-order valence-corrected chi connectivity index (χ1v) is 8.98. The van der Waals surface area contributed by atoms with Gasteiger partial charge in [0.05, 0.1) is 19.0 Å². The fourth-order valence-electron chi connectivity index (χ4n) is 2.02. The van der Waals surface area contributed by atoms with Crippen molar-refractivity contribution in [2.45, 2.75) is 25.9 Å². The van der Waals surface area contributed by atoms with Crippen LogP contribution in [0, 0.1) is 6.92 Å². The molecule has 0 saturated heterocycles. The number of anilines is 1. The number of aryl methyl sites for hydroxylation is 1. The molecule has 0 aliphatic carbocycles. The SMILES string of the molecule is CCOc1ccc(NC(=O)CSc2nnc(C)c(=O)n2N)cc1OCC. The summed E-state index contributed by atoms with van der Waals surface area (Å²) in [6.07, 6.45) is 0. The van der Waals surface area contributed by atoms with Crippen LogP contribution in [0.4, 0.5) is 5.69 Å². The van der Waals surface area contributed by atoms with Crippen molar-refractivity contribution in [3.05, 3.63) is 34.2 Å². The van der Waals surface area contributed by atoms with E-state index in [9.17, 15) is 9.59 Å². The molecule has 0 aliphatic rings. The maximum Gasteiger partial charge on any atom is 0.294 e. The molecular formula is C16H21N5O4S. The van der Waals surface area contributed by atoms with Gasteiger partial charge in [-0.3, -0.25) is 9.59 Å². The molecule has 0 fully saturated rings. The summed E-state index contributed by atoms with van der Waals surface area (Å²) in [5.41, 5.74) is 0.317. The van der Waals surface area contributed by atoms with E-state index in [2.05, 4.69) is 15.5 Å². The third-order valence-corrected chi connectivity index (χ3v) is 4.12. The van der Waals surface area contributed by atoms with Gasteiger partial charge in [0.1, 0.15) is 5.69 Å². The lowest BCUT2D eigenvalue weighted by molar-refractivity contribution is -0.113. The quantitative estimate of drug-likeness (QED) is 0.518. The number of thioether (sulfide) groups is 1. The minimum atomic E-state index is -0.448. The normalized spacial score (nSPS) is 10.4. The van der Waals surface area contributed by atoms with Gasteiger partial charge >= 0.3 is 0 Å². The van der Waals surface area contributed by atoms with Crippen LogP contribution in [-0.4, -0.2) is 39.7 Å². The number of aromatic nitrogens is 3. The zero-order chi connectivity index (χ0) is 19.1. The molecule has 2 aromatic rings. The molecule has 0 atom stereocenters. The number of carbonyl (C=O) groups is 1. The van der Waals surface area contributed by atoms with Crippen molar-refractivity contribution in [2.75, 3.05) is 30.1 Å². The number of nitrogen functional groups attached to an aromatic ring is 1. The molecule has 0 unspecified atom stereocenters. The Kier molecular flexibility index (Phi) is 6.84. The van der Waals surface area contributed by atoms with E-state index >= 15 is 0 Å². The molecular weight excluding hydrogens is 358 g/mol. The van der Waals surface area contributed by atoms with Gasteiger partial charge in [0.15, 0.2) is 11.5 Å². The highest BCUT2D eigenvalue weighted by Crippen LogP contribution is 2.30. The number of amides is 1. The zero-order valence-corrected chi connectivity index (χ0v) is 15.6. The van der Waals surface area contributed by atoms with E-state index in [0.717, 1.165) is 16.4 Å². The smallest absolute Gasteiger partial charge is 0.294 e. The molecule has 3 N–H and O–H groups in total. The highest BCUT2D eigenvalue weighted by molar-refractivity contribution is 7.99. The zero-order valence-electron chi connectivity index (χ0n) is 14.8. The first kappa shape index (κ1) is 19.6. The summed E-state index contributed by atoms with van der Waals surface area (Å²) in [6, 6.07) is 5.16. The Morgan fingerprint density at radius 2 is 1.92 bits per heavy atom. The van der Waals surface area contributed by atoms with Gasteiger partial charge in [-0.2, -0.15) is 4.68 Å². The first-order valence-electron chi connectivity index (χ1n) is 8.00. The van der Waals surface area contributed by atoms with Crippen LogP contribution in [0.2, 0.25) is 0 Å². The van der Waals surface area contributed by atoms with Crippen LogP contribution in [0.1, 0.15) is 19.5 Å². The molecule has 2 rings (SSSR count). The minimum absolute atomic E-state index is 0.0194. The molecule has 1 aromatic heterocycles. The van der Waals surface area contributed by atoms with Crippen molar-refractivity contribution >= 4 is 23.4 Å². The molecule has 1 amide bonds. The fourth-order valence-corrected chi connectivity index (χ4v) is 2.68. The second-order valence-corrected chi connectivity index (χ2v) is 6.05. The first-order chi connectivity index (χ1) is 12.5. The maximum atomic E-state index is 12.1. The fraction of sp³-hybridized carbons (Fsp3) is 0.375. The van der Waals surface area contributed by atoms with Gasteiger partial charge in [0.2, 0.25) is 11.1 Å². The Hall–Kier alpha value is -2.75. The minimum Gasteiger partial charge on any atom is -0.490 e. The van der Waals surface area contributed by atoms with E-state index < -0.39 is 5.56 Å². The van der Waals surface area contributed by atoms with Crippen LogP contribution in [0.15, 0.2) is 28.2 Å². The number of nitrogens with one attached hydrogen (secondary N) is 1. The molecule has 1 aromatic carbocycles. The van der Waals surface area contributed by atoms with Crippen molar-refractivity contribution < 1.29 is 14.3 Å². The number of nitrogens with zero attached hydrogens (tertiary/aromatic N) is 3. The predicted molar refractivity (Wildman–Crippen MR) is 99.3 cm³/mol. The van der Waals surface area contributed by atoms with Gasteiger partial charge in [-0.1, -0.05) is 11.8 Å². The molecule has 0 radical (unpaired) electrons. The highest BCUT2D eigenvalue weighted by atomic mass is 32.2. The summed E-state index contributed by atoms with van der Waals surface area (Å²) < 4.78 is 11.9. The number of hydrogen-bond donors (Lipinski definition) is 2. The number of carbonyl (C=O) groups excluding carboxylic acids is 1. The topological polar surface area (TPSA) is 121 Å². The number of rotatable bonds is 8. The van der Waals surface area contributed by atoms with Gasteiger partial charge in [-0.15, -0.1) is 10.2 Å². The molecule has 0 aliphatic heterocycles. The lowest BCUT2D eigenvalue weighted by atomic mass is 10.2. The Labute approximate surface area is 154 Å². The van der Waals surface area contributed by atoms with Crippen molar-refractivity contribution in [1.82, 2.24) is 14.9 Å². The van der Waals surface area contributed by atoms with E-state index in [4.69, 9.17) is 15.3 Å². The number of ether oxygens (including phenoxy) is 2. The molecule has 0 saturated carbocycles. The third kappa shape index (κ3) is 4.88. The van der Waals surface area contributed by atoms with Crippen LogP contribution < -0.4 is 26.2 Å². The van der Waals surface area contributed by atoms with E-state index in [-0.39, 0.29) is 22.5 Å². The monoisotopic (exact) mass is 379 g/mol. The van der Waals surface area contributed by atoms with Gasteiger partial charge in [-0.05, 0) is 32.9 Å². The second-order valence-electron chi connectivity index (χ2n) is 5.11. The molecule has 26 heavy (non-hydrogen) atoms. The van der Waals surface area contributed by atoms with Gasteiger partial charge in [0, 0.05) is 11.8 Å². The van der Waals surface area contributed by atoms with E-state index in [1.807, 2.05) is 13.8 Å². The molecule has 10 heteroatoms. The number of nitrogens with two attached hydrogens (primary N) is 1. The average molecular weight is 379 g/mol. The van der Waals surface area contributed by atoms with Gasteiger partial charge in [-0.25, -0.2) is 0 Å². The summed E-state index contributed by atoms with van der Waals surface area (Å²) in [7, 11) is 0. The Bertz CT molecular complexity index is 840. The van der Waals surface area contributed by atoms with Crippen molar-refractivity contribution in [2.24, 2.45) is 0 Å². The maximum absolute atomic E-state index is 12.1. The lowest BCUT2D eigenvalue weighted by Gasteiger charge is -2.13. The van der Waals surface area contributed by atoms with Crippen LogP contribution in [0.3, 0.4) is 0 Å². The van der Waals surface area contributed by atoms with Crippen LogP contribution in [0.25, 0.3) is 0 Å². The summed E-state index contributed by atoms with van der Waals surface area (Å²) in [5, 5.41) is 10.5. The highest BCUT2D eigenvalue weighted by Gasteiger charge is 2.12. The number of hydrogen-bond acceptors (Lipinski definition) is 8. The van der Waals surface area contributed by atoms with Crippen LogP contribution in [-0.2, 0) is 4.79 Å². The molecule has 0 bridgehead atoms. The van der Waals surface area contributed by atoms with Gasteiger partial charge in [0.25, 0.3) is 5.56 Å². The summed E-state index contributed by atoms with van der Waals surface area (Å²) >= 11 is 1.02. The largest absolute Gasteiger partial charge is 0.490 e. The third-order valence-electron chi connectivity index (χ3n) is 3.18. The Morgan fingerprint density at radius 3 is 2.62 bits per heavy atom. The van der Waals surface area contributed by atoms with Crippen LogP contribution in [0.5, 0.6) is 11.5 Å². The number of benzene rings is 1. The molecule has 1 heterocycles. The Morgan fingerprint density at radius 1 is 1.23 bits per heavy atom. The lowest BCUT2D eigenvalue weighted by Crippen LogP contribution is -2.32. The Balaban J connectivity index is 2.02. The summed E-state index contributed by atoms with van der Waals surface area (Å²) in [5.74, 6) is 6.55. The van der Waals surface area contributed by atoms with Crippen LogP contribution >= 0.6 is 11.8 Å². The van der Waals surface area contributed by atoms with Crippen molar-refractivity contribution in [3.63, 3.8) is 0 Å². The van der Waals surface area contributed by atoms with E-state index in [0.29, 0.717) is 30.4 Å². The summed E-state index contributed by atoms with van der Waals surface area (Å²) in [4.78, 5) is 23.9. The van der Waals surface area contributed by atoms with Crippen molar-refractivity contribution in [3.8, 4) is 11.5 Å². The van der Waals surface area contributed by atoms with Crippen molar-refractivity contribution in [1.29, 1.82) is 0 Å². The standard InChI is InChI=1S/C16H21N5O4S/c1-4-24-12-7-6-11(8-13(12)25-5-2)18-14(22)9-26-16-20-19-10(3)15(23)21(16)17/h6-8H,4-5,9,17H2,1-3H3,(H,18,22). The summed E-state index contributed by atoms with van der Waals surface area (Å²) in [6.45, 7) is 6.26.